The molecular formula is C55H105N13O11. The van der Waals surface area contributed by atoms with Gasteiger partial charge in [0.05, 0.1) is 30.5 Å². The number of likely N-dealkylation sites (tertiary alicyclic amines) is 2. The second-order valence-corrected chi connectivity index (χ2v) is 23.9. The molecule has 24 nitrogen and oxygen atoms in total. The summed E-state index contributed by atoms with van der Waals surface area (Å²) in [5, 5.41) is 87.1. The van der Waals surface area contributed by atoms with Gasteiger partial charge in [-0.2, -0.15) is 0 Å². The van der Waals surface area contributed by atoms with Crippen molar-refractivity contribution in [2.75, 3.05) is 145 Å². The van der Waals surface area contributed by atoms with Crippen molar-refractivity contribution in [3.05, 3.63) is 21.8 Å². The minimum Gasteiger partial charge on any atom is -0.503 e. The van der Waals surface area contributed by atoms with Crippen LogP contribution in [0.4, 0.5) is 0 Å². The van der Waals surface area contributed by atoms with Crippen LogP contribution >= 0.6 is 0 Å². The number of nitrogens with two attached hydrogens (primary N) is 1. The lowest BCUT2D eigenvalue weighted by molar-refractivity contribution is -0.134. The summed E-state index contributed by atoms with van der Waals surface area (Å²) in [7, 11) is 4.05. The Morgan fingerprint density at radius 1 is 0.633 bits per heavy atom. The van der Waals surface area contributed by atoms with Gasteiger partial charge >= 0.3 is 0 Å². The molecule has 12 aliphatic heterocycles. The van der Waals surface area contributed by atoms with E-state index < -0.39 is 6.10 Å². The average Bonchev–Trinajstić information content (AvgIpc) is 4.33. The molecule has 6 bridgehead atoms. The molecule has 9 unspecified atom stereocenters. The van der Waals surface area contributed by atoms with E-state index in [1.54, 1.807) is 6.92 Å². The molecule has 0 aromatic heterocycles. The van der Waals surface area contributed by atoms with Crippen LogP contribution in [-0.2, 0) is 14.4 Å². The highest BCUT2D eigenvalue weighted by Gasteiger charge is 2.38. The lowest BCUT2D eigenvalue weighted by Crippen LogP contribution is -2.44. The maximum atomic E-state index is 10.6. The number of hydrogen-bond acceptors (Lipinski definition) is 19. The second-order valence-electron chi connectivity index (χ2n) is 23.9. The molecule has 12 heterocycles. The zero-order valence-corrected chi connectivity index (χ0v) is 48.5. The fraction of sp³-hybridized carbons (Fsp3) is 0.909. The Balaban J connectivity index is 0.000000192. The summed E-state index contributed by atoms with van der Waals surface area (Å²) in [6.07, 6.45) is 9.75. The molecule has 0 radical (unpaired) electrons. The Hall–Kier alpha value is -3.30. The number of fused-ring (bicyclic) bond motifs is 6. The number of aliphatic hydroxyl groups excluding tert-OH is 8. The van der Waals surface area contributed by atoms with Gasteiger partial charge in [-0.25, -0.2) is 0 Å². The molecule has 79 heavy (non-hydrogen) atoms. The Morgan fingerprint density at radius 2 is 1.22 bits per heavy atom. The molecule has 0 spiro atoms. The first kappa shape index (κ1) is 68.2. The number of likely N-dealkylation sites (N-methyl/N-ethyl adjacent to an activating group) is 2. The monoisotopic (exact) mass is 1120 g/mol. The molecular weight excluding hydrogens is 1020 g/mol. The lowest BCUT2D eigenvalue weighted by Gasteiger charge is -2.32. The minimum absolute atomic E-state index is 0.00347. The summed E-state index contributed by atoms with van der Waals surface area (Å²) < 4.78 is 0. The molecule has 0 aromatic carbocycles. The number of rotatable bonds is 4. The topological polar surface area (TPSA) is 352 Å². The number of carbonyl (C=O) groups is 3. The fourth-order valence-electron chi connectivity index (χ4n) is 11.9. The molecule has 17 atom stereocenters. The number of β-amino-alcohol motifs (C(OH)–C–C–N with tert-alkyl or cyclic N) is 3. The highest BCUT2D eigenvalue weighted by molar-refractivity contribution is 5.92. The maximum absolute atomic E-state index is 10.6. The number of carbonyl (C=O) groups excluding carboxylic acids is 3. The van der Waals surface area contributed by atoms with Gasteiger partial charge in [0.2, 0.25) is 11.8 Å². The third-order valence-electron chi connectivity index (χ3n) is 17.6. The standard InChI is InChI=1S/C8H17NO.C7H15NO2.C6H10N4.C6H12N2.C6H11NO2.C6H9NO2.C6H13NO2.C6H11NO.C4H7NO/c1-3-7-4-5-9(2)6-8(7)10;1-8-3-2-6(5-9)7(10)4-8;7-9-8-6-4-10-2-1-5(6)3-10;7-6-4-8-2-1-5(6)3-8;2*1-4-2-3-7-6(9)5(4)8;8-4-5-1-2-7-3-6(5)9;8-6-4-7-2-1-5(6)3-7;6-4-2-1-3-5-4/h7-8,10H,3-6H2,1-2H3;6-7,9-10H,2-5H2,1H3;5-6H,1-4H2;5-6H,1-4,7H2;4-5,8H,2-3H2,1H3,(H,7,9);8H,2-3H2,1H3,(H,7,9);5-9H,1-4H2;5-6,8H,1-4H2;1-3H2,(H,5,6)/t7-,8+;6-,7-;;;4-,5-;;5-,6-;;/m01..0.1../s1. The van der Waals surface area contributed by atoms with Crippen LogP contribution in [0.25, 0.3) is 10.4 Å². The molecule has 0 aromatic rings. The van der Waals surface area contributed by atoms with E-state index >= 15 is 0 Å². The quantitative estimate of drug-likeness (QED) is 0.0914. The fourth-order valence-corrected chi connectivity index (χ4v) is 11.9. The molecule has 12 rings (SSSR count). The summed E-state index contributed by atoms with van der Waals surface area (Å²) in [5.74, 6) is 2.53. The predicted molar refractivity (Wildman–Crippen MR) is 303 cm³/mol. The molecule has 0 saturated carbocycles. The average molecular weight is 1120 g/mol. The minimum atomic E-state index is -0.779. The van der Waals surface area contributed by atoms with Gasteiger partial charge < -0.3 is 92.4 Å². The van der Waals surface area contributed by atoms with E-state index in [0.29, 0.717) is 50.0 Å². The second kappa shape index (κ2) is 36.3. The highest BCUT2D eigenvalue weighted by Crippen LogP contribution is 2.30. The van der Waals surface area contributed by atoms with Crippen molar-refractivity contribution in [1.82, 2.24) is 45.8 Å². The largest absolute Gasteiger partial charge is 0.503 e. The van der Waals surface area contributed by atoms with Gasteiger partial charge in [-0.05, 0) is 153 Å². The van der Waals surface area contributed by atoms with Crippen LogP contribution in [-0.4, -0.2) is 271 Å². The Labute approximate surface area is 470 Å². The van der Waals surface area contributed by atoms with Gasteiger partial charge in [-0.1, -0.05) is 25.4 Å². The number of azide groups is 1. The first-order valence-corrected chi connectivity index (χ1v) is 29.6. The van der Waals surface area contributed by atoms with Crippen molar-refractivity contribution >= 4 is 17.7 Å². The number of aliphatic hydroxyl groups is 8. The number of nitrogens with one attached hydrogen (secondary N) is 4. The van der Waals surface area contributed by atoms with Crippen molar-refractivity contribution in [1.29, 1.82) is 0 Å². The van der Waals surface area contributed by atoms with Crippen molar-refractivity contribution in [3.63, 3.8) is 0 Å². The predicted octanol–water partition coefficient (Wildman–Crippen LogP) is -0.980. The first-order chi connectivity index (χ1) is 37.8. The zero-order chi connectivity index (χ0) is 58.0. The number of amides is 3. The van der Waals surface area contributed by atoms with Crippen LogP contribution in [0.3, 0.4) is 0 Å². The van der Waals surface area contributed by atoms with Gasteiger partial charge in [0.1, 0.15) is 6.10 Å². The van der Waals surface area contributed by atoms with E-state index in [2.05, 4.69) is 69.8 Å². The maximum Gasteiger partial charge on any atom is 0.286 e. The van der Waals surface area contributed by atoms with Gasteiger partial charge in [0.25, 0.3) is 5.91 Å². The van der Waals surface area contributed by atoms with Crippen molar-refractivity contribution < 1.29 is 55.2 Å². The zero-order valence-electron chi connectivity index (χ0n) is 48.5. The van der Waals surface area contributed by atoms with Gasteiger partial charge in [-0.15, -0.1) is 0 Å². The van der Waals surface area contributed by atoms with E-state index in [1.165, 1.54) is 45.4 Å². The van der Waals surface area contributed by atoms with Gasteiger partial charge in [-0.3, -0.25) is 14.4 Å². The van der Waals surface area contributed by atoms with Crippen LogP contribution in [0.5, 0.6) is 0 Å². The highest BCUT2D eigenvalue weighted by atomic mass is 16.3. The summed E-state index contributed by atoms with van der Waals surface area (Å²) in [5.41, 5.74) is 14.7. The van der Waals surface area contributed by atoms with E-state index in [-0.39, 0.29) is 84.9 Å². The molecule has 11 fully saturated rings. The molecule has 24 heteroatoms. The summed E-state index contributed by atoms with van der Waals surface area (Å²) >= 11 is 0. The molecule has 11 saturated heterocycles. The van der Waals surface area contributed by atoms with Crippen molar-refractivity contribution in [2.24, 2.45) is 52.3 Å². The summed E-state index contributed by atoms with van der Waals surface area (Å²) in [4.78, 5) is 45.6. The number of hydrogen-bond donors (Lipinski definition) is 13. The molecule has 0 aliphatic carbocycles. The van der Waals surface area contributed by atoms with Gasteiger partial charge in [0.15, 0.2) is 5.76 Å². The van der Waals surface area contributed by atoms with Crippen molar-refractivity contribution in [3.8, 4) is 0 Å². The molecule has 3 amide bonds. The van der Waals surface area contributed by atoms with E-state index in [4.69, 9.17) is 36.8 Å². The normalized spacial score (nSPS) is 37.5. The summed E-state index contributed by atoms with van der Waals surface area (Å²) in [6.45, 7) is 23.9. The third kappa shape index (κ3) is 23.8. The lowest BCUT2D eigenvalue weighted by atomic mass is 9.92. The Morgan fingerprint density at radius 3 is 1.56 bits per heavy atom. The molecule has 12 aliphatic rings. The Kier molecular flexibility index (Phi) is 31.4. The number of nitrogens with zero attached hydrogens (tertiary/aromatic N) is 8. The van der Waals surface area contributed by atoms with Crippen LogP contribution in [0.15, 0.2) is 16.4 Å². The molecule has 456 valence electrons. The van der Waals surface area contributed by atoms with Crippen LogP contribution in [0.1, 0.15) is 91.4 Å². The summed E-state index contributed by atoms with van der Waals surface area (Å²) in [6, 6.07) is 0.780. The van der Waals surface area contributed by atoms with E-state index in [0.717, 1.165) is 128 Å². The van der Waals surface area contributed by atoms with Crippen molar-refractivity contribution in [2.45, 2.75) is 134 Å². The van der Waals surface area contributed by atoms with Crippen LogP contribution in [0, 0.1) is 41.4 Å². The van der Waals surface area contributed by atoms with E-state index in [1.807, 2.05) is 14.0 Å². The number of piperidine rings is 7. The van der Waals surface area contributed by atoms with E-state index in [9.17, 15) is 29.7 Å². The third-order valence-corrected chi connectivity index (χ3v) is 17.6. The van der Waals surface area contributed by atoms with Crippen LogP contribution in [0.2, 0.25) is 0 Å². The Bertz CT molecular complexity index is 1810. The first-order valence-electron chi connectivity index (χ1n) is 29.6. The molecule has 14 N–H and O–H groups in total. The smallest absolute Gasteiger partial charge is 0.286 e. The van der Waals surface area contributed by atoms with Crippen LogP contribution < -0.4 is 27.0 Å². The van der Waals surface area contributed by atoms with Gasteiger partial charge in [0, 0.05) is 127 Å². The SMILES string of the molecule is CC1=C(O)C(=O)NCC1.CC[C@H]1CCN(C)C[C@H]1O.CN1CC[C@H](CO)[C@H](O)C1.C[C@H]1CCNC(=O)[C@H]1O.NC1CN2CCC1C2.O=C1CCCN1.OC1CN2CCC1C2.OC[C@H]1CCNC[C@H]1O.[N-]=[N+]=NC1CN2CCC1C2.